The average Bonchev–Trinajstić information content (AvgIpc) is 3.21. The highest BCUT2D eigenvalue weighted by Gasteiger charge is 2.43. The molecule has 25 heavy (non-hydrogen) atoms. The van der Waals surface area contributed by atoms with Gasteiger partial charge in [-0.2, -0.15) is 0 Å². The minimum Gasteiger partial charge on any atom is -0.345 e. The van der Waals surface area contributed by atoms with Crippen molar-refractivity contribution in [2.75, 3.05) is 13.1 Å². The standard InChI is InChI=1S/C16H20N6O2S/c1-10-5-7-21(25(23,24)11-2-3-11)9-12(10)16-20-19-14-8-18-15-13(22(14)16)4-6-17-15/h4,6,8,10-12,17H,2-3,5,7,9H2,1H3/t10?,12-/m0/s1. The monoisotopic (exact) mass is 360 g/mol. The van der Waals surface area contributed by atoms with Crippen molar-refractivity contribution in [2.45, 2.75) is 37.4 Å². The molecule has 3 aromatic heterocycles. The Morgan fingerprint density at radius 1 is 1.24 bits per heavy atom. The molecule has 1 saturated carbocycles. The molecular weight excluding hydrogens is 340 g/mol. The SMILES string of the molecule is CC1CCN(S(=O)(=O)C2CC2)C[C@@H]1c1nnc2cnc3[nH]ccc3n12. The Morgan fingerprint density at radius 3 is 2.88 bits per heavy atom. The van der Waals surface area contributed by atoms with E-state index in [1.165, 1.54) is 0 Å². The fraction of sp³-hybridized carbons (Fsp3) is 0.562. The van der Waals surface area contributed by atoms with Crippen LogP contribution in [0.5, 0.6) is 0 Å². The number of sulfonamides is 1. The summed E-state index contributed by atoms with van der Waals surface area (Å²) in [6.45, 7) is 3.26. The Labute approximate surface area is 145 Å². The molecule has 2 fully saturated rings. The summed E-state index contributed by atoms with van der Waals surface area (Å²) in [6.07, 6.45) is 5.97. The van der Waals surface area contributed by atoms with E-state index in [4.69, 9.17) is 0 Å². The molecule has 132 valence electrons. The lowest BCUT2D eigenvalue weighted by atomic mass is 9.87. The number of aromatic amines is 1. The van der Waals surface area contributed by atoms with Gasteiger partial charge in [0.15, 0.2) is 11.3 Å². The predicted molar refractivity (Wildman–Crippen MR) is 92.7 cm³/mol. The van der Waals surface area contributed by atoms with Gasteiger partial charge in [-0.25, -0.2) is 17.7 Å². The first-order valence-corrected chi connectivity index (χ1v) is 10.2. The number of hydrogen-bond donors (Lipinski definition) is 1. The van der Waals surface area contributed by atoms with Crippen molar-refractivity contribution < 1.29 is 8.42 Å². The molecule has 5 rings (SSSR count). The van der Waals surface area contributed by atoms with E-state index in [9.17, 15) is 8.42 Å². The van der Waals surface area contributed by atoms with E-state index >= 15 is 0 Å². The van der Waals surface area contributed by atoms with Crippen LogP contribution in [0, 0.1) is 5.92 Å². The van der Waals surface area contributed by atoms with Crippen molar-refractivity contribution in [1.82, 2.24) is 28.9 Å². The summed E-state index contributed by atoms with van der Waals surface area (Å²) in [5.74, 6) is 1.20. The highest BCUT2D eigenvalue weighted by atomic mass is 32.2. The molecule has 1 saturated heterocycles. The Bertz CT molecular complexity index is 1050. The van der Waals surface area contributed by atoms with Gasteiger partial charge in [-0.1, -0.05) is 6.92 Å². The van der Waals surface area contributed by atoms with Gasteiger partial charge in [0, 0.05) is 25.2 Å². The van der Waals surface area contributed by atoms with Gasteiger partial charge in [0.05, 0.1) is 17.0 Å². The second-order valence-electron chi connectivity index (χ2n) is 7.20. The largest absolute Gasteiger partial charge is 0.345 e. The summed E-state index contributed by atoms with van der Waals surface area (Å²) < 4.78 is 29.0. The fourth-order valence-corrected chi connectivity index (χ4v) is 5.70. The lowest BCUT2D eigenvalue weighted by molar-refractivity contribution is 0.244. The molecule has 0 aromatic carbocycles. The molecule has 1 aliphatic carbocycles. The van der Waals surface area contributed by atoms with Crippen LogP contribution < -0.4 is 0 Å². The van der Waals surface area contributed by atoms with Crippen LogP contribution in [0.1, 0.15) is 37.9 Å². The number of nitrogens with zero attached hydrogens (tertiary/aromatic N) is 5. The van der Waals surface area contributed by atoms with Gasteiger partial charge in [-0.05, 0) is 31.2 Å². The summed E-state index contributed by atoms with van der Waals surface area (Å²) >= 11 is 0. The first-order valence-electron chi connectivity index (χ1n) is 8.72. The predicted octanol–water partition coefficient (Wildman–Crippen LogP) is 1.52. The summed E-state index contributed by atoms with van der Waals surface area (Å²) in [6, 6.07) is 1.95. The molecule has 2 aliphatic rings. The molecule has 2 atom stereocenters. The van der Waals surface area contributed by atoms with Gasteiger partial charge in [-0.15, -0.1) is 10.2 Å². The molecule has 0 amide bonds. The zero-order valence-corrected chi connectivity index (χ0v) is 14.8. The number of piperidine rings is 1. The third kappa shape index (κ3) is 2.29. The Balaban J connectivity index is 1.59. The molecule has 4 heterocycles. The third-order valence-corrected chi connectivity index (χ3v) is 7.89. The summed E-state index contributed by atoms with van der Waals surface area (Å²) in [7, 11) is -3.16. The van der Waals surface area contributed by atoms with Crippen LogP contribution in [0.15, 0.2) is 18.5 Å². The molecule has 0 radical (unpaired) electrons. The fourth-order valence-electron chi connectivity index (χ4n) is 3.82. The lowest BCUT2D eigenvalue weighted by Crippen LogP contribution is -2.44. The smallest absolute Gasteiger partial charge is 0.217 e. The molecule has 0 spiro atoms. The van der Waals surface area contributed by atoms with Gasteiger partial charge in [-0.3, -0.25) is 4.40 Å². The summed E-state index contributed by atoms with van der Waals surface area (Å²) in [5, 5.41) is 8.51. The maximum Gasteiger partial charge on any atom is 0.217 e. The first-order chi connectivity index (χ1) is 12.1. The van der Waals surface area contributed by atoms with Crippen molar-refractivity contribution in [3.63, 3.8) is 0 Å². The lowest BCUT2D eigenvalue weighted by Gasteiger charge is -2.35. The van der Waals surface area contributed by atoms with Crippen molar-refractivity contribution in [1.29, 1.82) is 0 Å². The van der Waals surface area contributed by atoms with Crippen LogP contribution in [0.3, 0.4) is 0 Å². The van der Waals surface area contributed by atoms with E-state index in [0.29, 0.717) is 24.7 Å². The maximum atomic E-state index is 12.7. The van der Waals surface area contributed by atoms with Crippen molar-refractivity contribution in [3.8, 4) is 0 Å². The van der Waals surface area contributed by atoms with Crippen LogP contribution in [0.4, 0.5) is 0 Å². The zero-order chi connectivity index (χ0) is 17.2. The Hall–Kier alpha value is -2.00. The molecular formula is C16H20N6O2S. The number of aromatic nitrogens is 5. The van der Waals surface area contributed by atoms with Crippen molar-refractivity contribution in [3.05, 3.63) is 24.3 Å². The van der Waals surface area contributed by atoms with Crippen LogP contribution in [0.2, 0.25) is 0 Å². The van der Waals surface area contributed by atoms with E-state index in [2.05, 4.69) is 27.1 Å². The molecule has 0 bridgehead atoms. The number of rotatable bonds is 3. The molecule has 1 N–H and O–H groups in total. The van der Waals surface area contributed by atoms with Crippen LogP contribution in [-0.4, -0.2) is 55.6 Å². The Morgan fingerprint density at radius 2 is 2.08 bits per heavy atom. The Kier molecular flexibility index (Phi) is 3.21. The van der Waals surface area contributed by atoms with E-state index in [-0.39, 0.29) is 11.2 Å². The van der Waals surface area contributed by atoms with Gasteiger partial charge in [0.25, 0.3) is 0 Å². The van der Waals surface area contributed by atoms with Crippen LogP contribution in [-0.2, 0) is 10.0 Å². The second-order valence-corrected chi connectivity index (χ2v) is 9.41. The topological polar surface area (TPSA) is 96.2 Å². The number of H-pyrrole nitrogens is 1. The van der Waals surface area contributed by atoms with Crippen molar-refractivity contribution in [2.24, 2.45) is 5.92 Å². The van der Waals surface area contributed by atoms with Crippen LogP contribution in [0.25, 0.3) is 16.8 Å². The molecule has 8 nitrogen and oxygen atoms in total. The van der Waals surface area contributed by atoms with E-state index in [1.807, 2.05) is 16.7 Å². The number of nitrogens with one attached hydrogen (secondary N) is 1. The average molecular weight is 360 g/mol. The molecule has 1 aliphatic heterocycles. The zero-order valence-electron chi connectivity index (χ0n) is 14.0. The van der Waals surface area contributed by atoms with E-state index < -0.39 is 10.0 Å². The quantitative estimate of drug-likeness (QED) is 0.764. The molecule has 3 aromatic rings. The van der Waals surface area contributed by atoms with Gasteiger partial charge in [0.1, 0.15) is 5.82 Å². The minimum absolute atomic E-state index is 0.0257. The first kappa shape index (κ1) is 15.3. The van der Waals surface area contributed by atoms with Gasteiger partial charge in [0.2, 0.25) is 10.0 Å². The third-order valence-electron chi connectivity index (χ3n) is 5.53. The molecule has 9 heteroatoms. The highest BCUT2D eigenvalue weighted by Crippen LogP contribution is 2.37. The van der Waals surface area contributed by atoms with E-state index in [1.54, 1.807) is 10.5 Å². The maximum absolute atomic E-state index is 12.7. The van der Waals surface area contributed by atoms with Gasteiger partial charge >= 0.3 is 0 Å². The highest BCUT2D eigenvalue weighted by molar-refractivity contribution is 7.90. The van der Waals surface area contributed by atoms with Gasteiger partial charge < -0.3 is 4.98 Å². The minimum atomic E-state index is -3.16. The van der Waals surface area contributed by atoms with E-state index in [0.717, 1.165) is 36.3 Å². The second kappa shape index (κ2) is 5.25. The summed E-state index contributed by atoms with van der Waals surface area (Å²) in [4.78, 5) is 7.45. The number of hydrogen-bond acceptors (Lipinski definition) is 5. The van der Waals surface area contributed by atoms with Crippen LogP contribution >= 0.6 is 0 Å². The number of fused-ring (bicyclic) bond motifs is 3. The summed E-state index contributed by atoms with van der Waals surface area (Å²) in [5.41, 5.74) is 2.39. The molecule has 1 unspecified atom stereocenters. The van der Waals surface area contributed by atoms with Crippen molar-refractivity contribution >= 4 is 26.8 Å². The normalized spacial score (nSPS) is 25.8.